The molecule has 0 spiro atoms. The van der Waals surface area contributed by atoms with Crippen LogP contribution < -0.4 is 5.32 Å². The van der Waals surface area contributed by atoms with Crippen molar-refractivity contribution < 1.29 is 13.9 Å². The van der Waals surface area contributed by atoms with Gasteiger partial charge in [0.15, 0.2) is 11.0 Å². The first-order valence-electron chi connectivity index (χ1n) is 8.17. The summed E-state index contributed by atoms with van der Waals surface area (Å²) in [5, 5.41) is 12.1. The average molecular weight is 372 g/mol. The molecule has 0 aliphatic carbocycles. The Morgan fingerprint density at radius 3 is 2.81 bits per heavy atom. The van der Waals surface area contributed by atoms with Crippen molar-refractivity contribution in [2.24, 2.45) is 0 Å². The van der Waals surface area contributed by atoms with E-state index in [1.54, 1.807) is 13.4 Å². The monoisotopic (exact) mass is 372 g/mol. The van der Waals surface area contributed by atoms with Crippen LogP contribution >= 0.6 is 11.8 Å². The van der Waals surface area contributed by atoms with Crippen molar-refractivity contribution in [1.82, 2.24) is 20.1 Å². The number of methoxy groups -OCH3 is 1. The van der Waals surface area contributed by atoms with Crippen LogP contribution in [-0.4, -0.2) is 46.7 Å². The number of furan rings is 1. The van der Waals surface area contributed by atoms with Gasteiger partial charge in [0.05, 0.1) is 25.2 Å². The van der Waals surface area contributed by atoms with Gasteiger partial charge in [-0.3, -0.25) is 9.36 Å². The predicted octanol–water partition coefficient (Wildman–Crippen LogP) is 2.44. The number of benzene rings is 1. The quantitative estimate of drug-likeness (QED) is 0.459. The van der Waals surface area contributed by atoms with Crippen molar-refractivity contribution in [3.8, 4) is 11.4 Å². The van der Waals surface area contributed by atoms with E-state index in [1.807, 2.05) is 47.0 Å². The lowest BCUT2D eigenvalue weighted by Crippen LogP contribution is -2.28. The number of hydrogen-bond acceptors (Lipinski definition) is 6. The molecule has 1 N–H and O–H groups in total. The maximum atomic E-state index is 11.9. The SMILES string of the molecule is COCCNC(=O)CSc1nnc(-c2ccccc2)n1Cc1ccco1. The summed E-state index contributed by atoms with van der Waals surface area (Å²) in [6.45, 7) is 1.48. The van der Waals surface area contributed by atoms with Crippen LogP contribution in [0.4, 0.5) is 0 Å². The van der Waals surface area contributed by atoms with Crippen LogP contribution in [0.1, 0.15) is 5.76 Å². The molecule has 0 aliphatic heterocycles. The van der Waals surface area contributed by atoms with Crippen LogP contribution in [0.3, 0.4) is 0 Å². The molecular formula is C18H20N4O3S. The summed E-state index contributed by atoms with van der Waals surface area (Å²) in [5.74, 6) is 1.73. The minimum atomic E-state index is -0.0686. The molecule has 136 valence electrons. The molecule has 2 heterocycles. The summed E-state index contributed by atoms with van der Waals surface area (Å²) >= 11 is 1.35. The lowest BCUT2D eigenvalue weighted by Gasteiger charge is -2.09. The molecule has 0 atom stereocenters. The molecule has 0 saturated heterocycles. The lowest BCUT2D eigenvalue weighted by molar-refractivity contribution is -0.118. The van der Waals surface area contributed by atoms with Crippen LogP contribution in [0.5, 0.6) is 0 Å². The van der Waals surface area contributed by atoms with Gasteiger partial charge in [-0.2, -0.15) is 0 Å². The van der Waals surface area contributed by atoms with Crippen molar-refractivity contribution in [3.63, 3.8) is 0 Å². The van der Waals surface area contributed by atoms with Crippen LogP contribution in [0, 0.1) is 0 Å². The van der Waals surface area contributed by atoms with Crippen LogP contribution in [-0.2, 0) is 16.1 Å². The molecule has 0 bridgehead atoms. The van der Waals surface area contributed by atoms with E-state index < -0.39 is 0 Å². The fourth-order valence-corrected chi connectivity index (χ4v) is 3.14. The third-order valence-corrected chi connectivity index (χ3v) is 4.57. The number of nitrogens with zero attached hydrogens (tertiary/aromatic N) is 3. The van der Waals surface area contributed by atoms with Gasteiger partial charge in [-0.15, -0.1) is 10.2 Å². The molecule has 2 aromatic heterocycles. The predicted molar refractivity (Wildman–Crippen MR) is 98.9 cm³/mol. The zero-order chi connectivity index (χ0) is 18.2. The Hall–Kier alpha value is -2.58. The highest BCUT2D eigenvalue weighted by Gasteiger charge is 2.16. The van der Waals surface area contributed by atoms with Crippen LogP contribution in [0.25, 0.3) is 11.4 Å². The number of thioether (sulfide) groups is 1. The number of amides is 1. The van der Waals surface area contributed by atoms with Crippen molar-refractivity contribution in [2.75, 3.05) is 26.0 Å². The molecule has 3 rings (SSSR count). The zero-order valence-electron chi connectivity index (χ0n) is 14.4. The number of nitrogens with one attached hydrogen (secondary N) is 1. The first kappa shape index (κ1) is 18.2. The van der Waals surface area contributed by atoms with E-state index in [4.69, 9.17) is 9.15 Å². The van der Waals surface area contributed by atoms with E-state index in [-0.39, 0.29) is 11.7 Å². The van der Waals surface area contributed by atoms with Gasteiger partial charge in [0, 0.05) is 19.2 Å². The van der Waals surface area contributed by atoms with Gasteiger partial charge < -0.3 is 14.5 Å². The normalized spacial score (nSPS) is 10.8. The number of aromatic nitrogens is 3. The molecule has 0 saturated carbocycles. The zero-order valence-corrected chi connectivity index (χ0v) is 15.2. The Morgan fingerprint density at radius 2 is 2.08 bits per heavy atom. The summed E-state index contributed by atoms with van der Waals surface area (Å²) in [6, 6.07) is 13.6. The van der Waals surface area contributed by atoms with Crippen molar-refractivity contribution in [2.45, 2.75) is 11.7 Å². The van der Waals surface area contributed by atoms with E-state index in [2.05, 4.69) is 15.5 Å². The highest BCUT2D eigenvalue weighted by molar-refractivity contribution is 7.99. The molecule has 1 aromatic carbocycles. The Balaban J connectivity index is 1.76. The van der Waals surface area contributed by atoms with E-state index in [0.29, 0.717) is 24.9 Å². The highest BCUT2D eigenvalue weighted by atomic mass is 32.2. The Morgan fingerprint density at radius 1 is 1.23 bits per heavy atom. The third-order valence-electron chi connectivity index (χ3n) is 3.60. The molecule has 3 aromatic rings. The number of rotatable bonds is 9. The van der Waals surface area contributed by atoms with E-state index >= 15 is 0 Å². The minimum Gasteiger partial charge on any atom is -0.467 e. The molecule has 7 nitrogen and oxygen atoms in total. The molecular weight excluding hydrogens is 352 g/mol. The molecule has 0 unspecified atom stereocenters. The van der Waals surface area contributed by atoms with Gasteiger partial charge in [0.25, 0.3) is 0 Å². The summed E-state index contributed by atoms with van der Waals surface area (Å²) in [5.41, 5.74) is 0.961. The second-order valence-electron chi connectivity index (χ2n) is 5.47. The van der Waals surface area contributed by atoms with E-state index in [0.717, 1.165) is 17.1 Å². The van der Waals surface area contributed by atoms with Gasteiger partial charge in [-0.1, -0.05) is 42.1 Å². The average Bonchev–Trinajstić information content (AvgIpc) is 3.31. The van der Waals surface area contributed by atoms with Crippen molar-refractivity contribution >= 4 is 17.7 Å². The number of carbonyl (C=O) groups excluding carboxylic acids is 1. The first-order chi connectivity index (χ1) is 12.8. The van der Waals surface area contributed by atoms with Crippen molar-refractivity contribution in [1.29, 1.82) is 0 Å². The molecule has 26 heavy (non-hydrogen) atoms. The van der Waals surface area contributed by atoms with Gasteiger partial charge in [0.2, 0.25) is 5.91 Å². The molecule has 0 radical (unpaired) electrons. The summed E-state index contributed by atoms with van der Waals surface area (Å²) in [6.07, 6.45) is 1.64. The number of ether oxygens (including phenoxy) is 1. The second kappa shape index (κ2) is 9.21. The number of hydrogen-bond donors (Lipinski definition) is 1. The fraction of sp³-hybridized carbons (Fsp3) is 0.278. The molecule has 8 heteroatoms. The van der Waals surface area contributed by atoms with Crippen molar-refractivity contribution in [3.05, 3.63) is 54.5 Å². The Bertz CT molecular complexity index is 818. The van der Waals surface area contributed by atoms with Gasteiger partial charge >= 0.3 is 0 Å². The summed E-state index contributed by atoms with van der Waals surface area (Å²) in [7, 11) is 1.60. The molecule has 0 fully saturated rings. The maximum absolute atomic E-state index is 11.9. The molecule has 0 aliphatic rings. The van der Waals surface area contributed by atoms with E-state index in [9.17, 15) is 4.79 Å². The van der Waals surface area contributed by atoms with Crippen LogP contribution in [0.2, 0.25) is 0 Å². The highest BCUT2D eigenvalue weighted by Crippen LogP contribution is 2.25. The summed E-state index contributed by atoms with van der Waals surface area (Å²) in [4.78, 5) is 11.9. The smallest absolute Gasteiger partial charge is 0.230 e. The fourth-order valence-electron chi connectivity index (χ4n) is 2.37. The summed E-state index contributed by atoms with van der Waals surface area (Å²) < 4.78 is 12.4. The Kier molecular flexibility index (Phi) is 6.45. The van der Waals surface area contributed by atoms with Gasteiger partial charge in [0.1, 0.15) is 5.76 Å². The second-order valence-corrected chi connectivity index (χ2v) is 6.41. The Labute approximate surface area is 155 Å². The molecule has 1 amide bonds. The first-order valence-corrected chi connectivity index (χ1v) is 9.16. The van der Waals surface area contributed by atoms with Gasteiger partial charge in [-0.25, -0.2) is 0 Å². The van der Waals surface area contributed by atoms with Gasteiger partial charge in [-0.05, 0) is 12.1 Å². The third kappa shape index (κ3) is 4.74. The topological polar surface area (TPSA) is 82.2 Å². The van der Waals surface area contributed by atoms with E-state index in [1.165, 1.54) is 11.8 Å². The largest absolute Gasteiger partial charge is 0.467 e. The standard InChI is InChI=1S/C18H20N4O3S/c1-24-11-9-19-16(23)13-26-18-21-20-17(14-6-3-2-4-7-14)22(18)12-15-8-5-10-25-15/h2-8,10H,9,11-13H2,1H3,(H,19,23). The minimum absolute atomic E-state index is 0.0686. The maximum Gasteiger partial charge on any atom is 0.230 e. The van der Waals surface area contributed by atoms with Crippen LogP contribution in [0.15, 0.2) is 58.3 Å². The lowest BCUT2D eigenvalue weighted by atomic mass is 10.2. The number of carbonyl (C=O) groups is 1.